The molecule has 4 aromatic rings. The van der Waals surface area contributed by atoms with Crippen molar-refractivity contribution in [1.82, 2.24) is 4.98 Å². The summed E-state index contributed by atoms with van der Waals surface area (Å²) in [6, 6.07) is 28.4. The van der Waals surface area contributed by atoms with Crippen LogP contribution in [0.15, 0.2) is 90.0 Å². The van der Waals surface area contributed by atoms with Crippen LogP contribution in [0.5, 0.6) is 0 Å². The van der Waals surface area contributed by atoms with E-state index in [2.05, 4.69) is 34.8 Å². The molecule has 4 rings (SSSR count). The van der Waals surface area contributed by atoms with Gasteiger partial charge in [-0.2, -0.15) is 5.10 Å². The van der Waals surface area contributed by atoms with Gasteiger partial charge < -0.3 is 15.1 Å². The standard InChI is InChI=1S/C27H28N4O2S/c1-20(21-12-14-24(15-13-21)31(16-18-32)17-19-33)29-30-27-28-25(22-8-4-2-5-9-22)26(34-27)23-10-6-3-7-11-23/h2-15,32-33H,16-19H2,1H3,(H,28,30)/b29-20+. The van der Waals surface area contributed by atoms with Crippen LogP contribution in [-0.2, 0) is 0 Å². The van der Waals surface area contributed by atoms with Gasteiger partial charge in [0.1, 0.15) is 0 Å². The Hall–Kier alpha value is -3.52. The quantitative estimate of drug-likeness (QED) is 0.221. The molecule has 0 spiro atoms. The highest BCUT2D eigenvalue weighted by molar-refractivity contribution is 7.19. The van der Waals surface area contributed by atoms with Crippen LogP contribution >= 0.6 is 11.3 Å². The molecule has 0 unspecified atom stereocenters. The first-order valence-corrected chi connectivity index (χ1v) is 12.0. The van der Waals surface area contributed by atoms with Gasteiger partial charge in [0, 0.05) is 24.3 Å². The Morgan fingerprint density at radius 1 is 0.853 bits per heavy atom. The number of anilines is 2. The van der Waals surface area contributed by atoms with Gasteiger partial charge in [-0.15, -0.1) is 0 Å². The van der Waals surface area contributed by atoms with Crippen molar-refractivity contribution < 1.29 is 10.2 Å². The number of hydrazone groups is 1. The lowest BCUT2D eigenvalue weighted by molar-refractivity contribution is 0.281. The summed E-state index contributed by atoms with van der Waals surface area (Å²) in [7, 11) is 0. The van der Waals surface area contributed by atoms with Crippen LogP contribution in [0, 0.1) is 0 Å². The third kappa shape index (κ3) is 5.69. The lowest BCUT2D eigenvalue weighted by atomic mass is 10.1. The first-order chi connectivity index (χ1) is 16.7. The summed E-state index contributed by atoms with van der Waals surface area (Å²) in [5.74, 6) is 0. The van der Waals surface area contributed by atoms with Crippen molar-refractivity contribution >= 4 is 27.9 Å². The molecular formula is C27H28N4O2S. The summed E-state index contributed by atoms with van der Waals surface area (Å²) in [5.41, 5.74) is 9.03. The van der Waals surface area contributed by atoms with E-state index in [1.54, 1.807) is 11.3 Å². The zero-order chi connectivity index (χ0) is 23.8. The molecule has 1 heterocycles. The molecule has 0 saturated carbocycles. The van der Waals surface area contributed by atoms with Crippen LogP contribution < -0.4 is 10.3 Å². The first kappa shape index (κ1) is 23.6. The van der Waals surface area contributed by atoms with Gasteiger partial charge in [-0.25, -0.2) is 4.98 Å². The summed E-state index contributed by atoms with van der Waals surface area (Å²) in [6.07, 6.45) is 0. The van der Waals surface area contributed by atoms with Crippen molar-refractivity contribution in [3.63, 3.8) is 0 Å². The van der Waals surface area contributed by atoms with Crippen molar-refractivity contribution in [2.45, 2.75) is 6.92 Å². The number of hydrogen-bond donors (Lipinski definition) is 3. The predicted octanol–water partition coefficient (Wildman–Crippen LogP) is 5.10. The zero-order valence-corrected chi connectivity index (χ0v) is 19.9. The second-order valence-electron chi connectivity index (χ2n) is 7.72. The molecule has 0 saturated heterocycles. The molecule has 0 amide bonds. The lowest BCUT2D eigenvalue weighted by Gasteiger charge is -2.23. The Labute approximate surface area is 203 Å². The third-order valence-corrected chi connectivity index (χ3v) is 6.43. The smallest absolute Gasteiger partial charge is 0.204 e. The molecule has 0 radical (unpaired) electrons. The Morgan fingerprint density at radius 2 is 1.44 bits per heavy atom. The van der Waals surface area contributed by atoms with E-state index in [1.165, 1.54) is 0 Å². The highest BCUT2D eigenvalue weighted by atomic mass is 32.1. The number of benzene rings is 3. The number of aliphatic hydroxyl groups excluding tert-OH is 2. The van der Waals surface area contributed by atoms with Crippen LogP contribution in [0.4, 0.5) is 10.8 Å². The highest BCUT2D eigenvalue weighted by Crippen LogP contribution is 2.38. The van der Waals surface area contributed by atoms with E-state index in [0.717, 1.165) is 43.8 Å². The fourth-order valence-corrected chi connectivity index (χ4v) is 4.60. The van der Waals surface area contributed by atoms with Gasteiger partial charge in [-0.1, -0.05) is 84.1 Å². The normalized spacial score (nSPS) is 11.4. The molecule has 174 valence electrons. The van der Waals surface area contributed by atoms with Gasteiger partial charge in [0.15, 0.2) is 0 Å². The maximum atomic E-state index is 9.26. The van der Waals surface area contributed by atoms with Crippen molar-refractivity contribution in [3.8, 4) is 21.7 Å². The molecule has 3 aromatic carbocycles. The average molecular weight is 473 g/mol. The van der Waals surface area contributed by atoms with Crippen molar-refractivity contribution in [3.05, 3.63) is 90.5 Å². The number of thiazole rings is 1. The first-order valence-electron chi connectivity index (χ1n) is 11.2. The second-order valence-corrected chi connectivity index (χ2v) is 8.72. The highest BCUT2D eigenvalue weighted by Gasteiger charge is 2.15. The number of hydrogen-bond acceptors (Lipinski definition) is 7. The van der Waals surface area contributed by atoms with Crippen LogP contribution in [0.2, 0.25) is 0 Å². The minimum absolute atomic E-state index is 0.0376. The zero-order valence-electron chi connectivity index (χ0n) is 19.1. The van der Waals surface area contributed by atoms with E-state index in [9.17, 15) is 10.2 Å². The van der Waals surface area contributed by atoms with E-state index in [0.29, 0.717) is 13.1 Å². The van der Waals surface area contributed by atoms with Gasteiger partial charge in [0.05, 0.1) is 29.5 Å². The van der Waals surface area contributed by atoms with Crippen molar-refractivity contribution in [2.24, 2.45) is 5.10 Å². The number of nitrogens with zero attached hydrogens (tertiary/aromatic N) is 3. The van der Waals surface area contributed by atoms with Crippen LogP contribution in [0.25, 0.3) is 21.7 Å². The van der Waals surface area contributed by atoms with Gasteiger partial charge in [-0.3, -0.25) is 5.43 Å². The van der Waals surface area contributed by atoms with Crippen LogP contribution in [0.1, 0.15) is 12.5 Å². The largest absolute Gasteiger partial charge is 0.395 e. The van der Waals surface area contributed by atoms with Crippen molar-refractivity contribution in [2.75, 3.05) is 36.6 Å². The third-order valence-electron chi connectivity index (χ3n) is 5.42. The summed E-state index contributed by atoms with van der Waals surface area (Å²) < 4.78 is 0. The topological polar surface area (TPSA) is 81.0 Å². The SMILES string of the molecule is C/C(=N\Nc1nc(-c2ccccc2)c(-c2ccccc2)s1)c1ccc(N(CCO)CCO)cc1. The summed E-state index contributed by atoms with van der Waals surface area (Å²) in [4.78, 5) is 7.89. The fraction of sp³-hybridized carbons (Fsp3) is 0.185. The molecule has 0 aliphatic rings. The molecule has 0 fully saturated rings. The molecular weight excluding hydrogens is 444 g/mol. The van der Waals surface area contributed by atoms with Crippen molar-refractivity contribution in [1.29, 1.82) is 0 Å². The summed E-state index contributed by atoms with van der Waals surface area (Å²) in [6.45, 7) is 2.98. The van der Waals surface area contributed by atoms with Crippen LogP contribution in [0.3, 0.4) is 0 Å². The van der Waals surface area contributed by atoms with Gasteiger partial charge in [-0.05, 0) is 30.2 Å². The minimum Gasteiger partial charge on any atom is -0.395 e. The molecule has 0 aliphatic carbocycles. The number of aromatic nitrogens is 1. The molecule has 0 atom stereocenters. The van der Waals surface area contributed by atoms with E-state index in [1.807, 2.05) is 72.5 Å². The molecule has 1 aromatic heterocycles. The molecule has 7 heteroatoms. The van der Waals surface area contributed by atoms with E-state index < -0.39 is 0 Å². The monoisotopic (exact) mass is 472 g/mol. The van der Waals surface area contributed by atoms with E-state index in [4.69, 9.17) is 4.98 Å². The number of aliphatic hydroxyl groups is 2. The van der Waals surface area contributed by atoms with Gasteiger partial charge in [0.2, 0.25) is 5.13 Å². The van der Waals surface area contributed by atoms with Gasteiger partial charge >= 0.3 is 0 Å². The number of nitrogens with one attached hydrogen (secondary N) is 1. The average Bonchev–Trinajstić information content (AvgIpc) is 3.33. The van der Waals surface area contributed by atoms with Crippen LogP contribution in [-0.4, -0.2) is 47.2 Å². The molecule has 6 nitrogen and oxygen atoms in total. The Morgan fingerprint density at radius 3 is 2.03 bits per heavy atom. The maximum absolute atomic E-state index is 9.26. The minimum atomic E-state index is 0.0376. The summed E-state index contributed by atoms with van der Waals surface area (Å²) in [5, 5.41) is 23.8. The Balaban J connectivity index is 1.56. The molecule has 34 heavy (non-hydrogen) atoms. The molecule has 0 bridgehead atoms. The van der Waals surface area contributed by atoms with Gasteiger partial charge in [0.25, 0.3) is 0 Å². The predicted molar refractivity (Wildman–Crippen MR) is 142 cm³/mol. The second kappa shape index (κ2) is 11.6. The Bertz CT molecular complexity index is 1150. The van der Waals surface area contributed by atoms with E-state index >= 15 is 0 Å². The fourth-order valence-electron chi connectivity index (χ4n) is 3.67. The summed E-state index contributed by atoms with van der Waals surface area (Å²) >= 11 is 1.58. The van der Waals surface area contributed by atoms with E-state index in [-0.39, 0.29) is 13.2 Å². The Kier molecular flexibility index (Phi) is 8.04. The number of rotatable bonds is 10. The molecule has 0 aliphatic heterocycles. The maximum Gasteiger partial charge on any atom is 0.204 e. The lowest BCUT2D eigenvalue weighted by Crippen LogP contribution is -2.29. The molecule has 3 N–H and O–H groups in total.